The molecule has 0 saturated carbocycles. The van der Waals surface area contributed by atoms with Crippen molar-refractivity contribution in [1.82, 2.24) is 19.1 Å². The topological polar surface area (TPSA) is 78.7 Å². The summed E-state index contributed by atoms with van der Waals surface area (Å²) in [6.07, 6.45) is 5.46. The molecule has 0 atom stereocenters. The molecule has 0 radical (unpaired) electrons. The zero-order valence-electron chi connectivity index (χ0n) is 21.0. The van der Waals surface area contributed by atoms with E-state index >= 15 is 0 Å². The van der Waals surface area contributed by atoms with Gasteiger partial charge in [-0.05, 0) is 67.8 Å². The molecule has 6 heteroatoms. The Morgan fingerprint density at radius 1 is 0.972 bits per heavy atom. The maximum atomic E-state index is 13.4. The quantitative estimate of drug-likeness (QED) is 0.343. The summed E-state index contributed by atoms with van der Waals surface area (Å²) in [4.78, 5) is 22.3. The van der Waals surface area contributed by atoms with Crippen molar-refractivity contribution in [3.63, 3.8) is 0 Å². The fourth-order valence-electron chi connectivity index (χ4n) is 4.50. The Morgan fingerprint density at radius 3 is 2.42 bits per heavy atom. The van der Waals surface area contributed by atoms with E-state index in [9.17, 15) is 4.79 Å². The molecule has 0 bridgehead atoms. The molecule has 3 heterocycles. The van der Waals surface area contributed by atoms with Gasteiger partial charge in [0.2, 0.25) is 0 Å². The van der Waals surface area contributed by atoms with Crippen molar-refractivity contribution in [3.05, 3.63) is 83.0 Å². The Labute approximate surface area is 210 Å². The van der Waals surface area contributed by atoms with Crippen LogP contribution in [0.15, 0.2) is 71.8 Å². The number of nitrogens with two attached hydrogens (primary N) is 1. The van der Waals surface area contributed by atoms with Gasteiger partial charge in [-0.2, -0.15) is 0 Å². The molecule has 0 fully saturated rings. The number of anilines is 1. The first-order valence-electron chi connectivity index (χ1n) is 12.1. The minimum Gasteiger partial charge on any atom is -0.384 e. The molecule has 5 rings (SSSR count). The molecule has 36 heavy (non-hydrogen) atoms. The van der Waals surface area contributed by atoms with E-state index in [4.69, 9.17) is 5.73 Å². The van der Waals surface area contributed by atoms with Crippen molar-refractivity contribution >= 4 is 27.8 Å². The highest BCUT2D eigenvalue weighted by Gasteiger charge is 2.20. The number of hydrogen-bond acceptors (Lipinski definition) is 4. The summed E-state index contributed by atoms with van der Waals surface area (Å²) >= 11 is 0. The van der Waals surface area contributed by atoms with E-state index in [1.54, 1.807) is 34.6 Å². The number of imidazole rings is 1. The number of nitrogen functional groups attached to an aromatic ring is 1. The summed E-state index contributed by atoms with van der Waals surface area (Å²) in [7, 11) is 1.78. The maximum absolute atomic E-state index is 13.4. The third kappa shape index (κ3) is 4.03. The van der Waals surface area contributed by atoms with Gasteiger partial charge in [0.25, 0.3) is 0 Å². The second kappa shape index (κ2) is 9.01. The Balaban J connectivity index is 1.68. The van der Waals surface area contributed by atoms with Crippen LogP contribution in [-0.4, -0.2) is 19.1 Å². The molecule has 6 nitrogen and oxygen atoms in total. The SMILES string of the molecule is CCCC#CC(C)(C)c1ccc(-n2c(=O)n(C)c3cnc4ccc(-c5ccc(N)nc5)cc4c32)cc1. The normalized spacial score (nSPS) is 11.6. The summed E-state index contributed by atoms with van der Waals surface area (Å²) < 4.78 is 3.41. The Kier molecular flexibility index (Phi) is 5.85. The van der Waals surface area contributed by atoms with Gasteiger partial charge in [0.1, 0.15) is 5.82 Å². The number of unbranched alkanes of at least 4 members (excludes halogenated alkanes) is 1. The van der Waals surface area contributed by atoms with E-state index in [2.05, 4.69) is 60.8 Å². The van der Waals surface area contributed by atoms with Gasteiger partial charge in [-0.3, -0.25) is 14.1 Å². The van der Waals surface area contributed by atoms with Crippen LogP contribution in [0.3, 0.4) is 0 Å². The van der Waals surface area contributed by atoms with Gasteiger partial charge in [-0.1, -0.05) is 31.0 Å². The summed E-state index contributed by atoms with van der Waals surface area (Å²) in [5.41, 5.74) is 11.7. The monoisotopic (exact) mass is 475 g/mol. The first-order valence-corrected chi connectivity index (χ1v) is 12.1. The van der Waals surface area contributed by atoms with Crippen LogP contribution in [0, 0.1) is 11.8 Å². The van der Waals surface area contributed by atoms with Crippen LogP contribution in [0.4, 0.5) is 5.82 Å². The van der Waals surface area contributed by atoms with Gasteiger partial charge in [-0.25, -0.2) is 9.78 Å². The molecule has 0 spiro atoms. The molecule has 0 saturated heterocycles. The van der Waals surface area contributed by atoms with Crippen molar-refractivity contribution in [1.29, 1.82) is 0 Å². The van der Waals surface area contributed by atoms with Crippen molar-refractivity contribution in [2.75, 3.05) is 5.73 Å². The van der Waals surface area contributed by atoms with E-state index in [-0.39, 0.29) is 11.1 Å². The standard InChI is InChI=1S/C30H29N5O/c1-5-6-7-16-30(2,3)22-10-12-23(13-11-22)35-28-24-17-20(21-9-15-27(31)33-18-21)8-14-25(24)32-19-26(28)34(4)29(35)36/h8-15,17-19H,5-6H2,1-4H3,(H2,31,33). The average Bonchev–Trinajstić information content (AvgIpc) is 3.14. The number of benzene rings is 2. The van der Waals surface area contributed by atoms with Crippen LogP contribution in [0.2, 0.25) is 0 Å². The van der Waals surface area contributed by atoms with Crippen LogP contribution in [0.5, 0.6) is 0 Å². The number of nitrogens with zero attached hydrogens (tertiary/aromatic N) is 4. The molecule has 180 valence electrons. The van der Waals surface area contributed by atoms with Gasteiger partial charge in [0.15, 0.2) is 0 Å². The molecular formula is C30H29N5O. The molecular weight excluding hydrogens is 446 g/mol. The summed E-state index contributed by atoms with van der Waals surface area (Å²) in [6.45, 7) is 6.39. The number of fused-ring (bicyclic) bond motifs is 3. The zero-order valence-corrected chi connectivity index (χ0v) is 21.0. The number of rotatable bonds is 4. The number of aromatic nitrogens is 4. The van der Waals surface area contributed by atoms with Gasteiger partial charge in [-0.15, -0.1) is 5.92 Å². The lowest BCUT2D eigenvalue weighted by Crippen LogP contribution is -2.21. The first-order chi connectivity index (χ1) is 17.3. The molecule has 3 aromatic heterocycles. The number of aryl methyl sites for hydroxylation is 1. The van der Waals surface area contributed by atoms with Gasteiger partial charge in [0, 0.05) is 30.6 Å². The van der Waals surface area contributed by atoms with Crippen LogP contribution in [0.25, 0.3) is 38.8 Å². The fraction of sp³-hybridized carbons (Fsp3) is 0.233. The van der Waals surface area contributed by atoms with E-state index in [1.807, 2.05) is 30.3 Å². The van der Waals surface area contributed by atoms with E-state index in [1.165, 1.54) is 0 Å². The van der Waals surface area contributed by atoms with E-state index in [0.717, 1.165) is 57.2 Å². The first kappa shape index (κ1) is 23.4. The molecule has 0 aliphatic heterocycles. The predicted octanol–water partition coefficient (Wildman–Crippen LogP) is 5.60. The van der Waals surface area contributed by atoms with Crippen LogP contribution >= 0.6 is 0 Å². The van der Waals surface area contributed by atoms with Crippen molar-refractivity contribution in [2.24, 2.45) is 7.05 Å². The minimum atomic E-state index is -0.268. The zero-order chi connectivity index (χ0) is 25.4. The van der Waals surface area contributed by atoms with Gasteiger partial charge < -0.3 is 5.73 Å². The van der Waals surface area contributed by atoms with Crippen molar-refractivity contribution in [3.8, 4) is 28.7 Å². The van der Waals surface area contributed by atoms with E-state index < -0.39 is 0 Å². The minimum absolute atomic E-state index is 0.117. The summed E-state index contributed by atoms with van der Waals surface area (Å²) in [6, 6.07) is 17.9. The Morgan fingerprint density at radius 2 is 1.72 bits per heavy atom. The summed E-state index contributed by atoms with van der Waals surface area (Å²) in [5.74, 6) is 7.13. The lowest BCUT2D eigenvalue weighted by atomic mass is 9.85. The molecule has 0 amide bonds. The molecule has 2 aromatic carbocycles. The maximum Gasteiger partial charge on any atom is 0.333 e. The number of hydrogen-bond donors (Lipinski definition) is 1. The van der Waals surface area contributed by atoms with Gasteiger partial charge in [0.05, 0.1) is 33.8 Å². The van der Waals surface area contributed by atoms with Crippen LogP contribution in [-0.2, 0) is 12.5 Å². The second-order valence-corrected chi connectivity index (χ2v) is 9.60. The second-order valence-electron chi connectivity index (χ2n) is 9.60. The summed E-state index contributed by atoms with van der Waals surface area (Å²) in [5, 5.41) is 0.898. The molecule has 0 unspecified atom stereocenters. The van der Waals surface area contributed by atoms with Crippen LogP contribution in [0.1, 0.15) is 39.2 Å². The Bertz CT molecular complexity index is 1700. The van der Waals surface area contributed by atoms with Crippen molar-refractivity contribution < 1.29 is 0 Å². The molecule has 0 aliphatic rings. The van der Waals surface area contributed by atoms with Crippen molar-refractivity contribution in [2.45, 2.75) is 39.0 Å². The largest absolute Gasteiger partial charge is 0.384 e. The highest BCUT2D eigenvalue weighted by atomic mass is 16.1. The molecule has 5 aromatic rings. The Hall–Kier alpha value is -4.37. The smallest absolute Gasteiger partial charge is 0.333 e. The third-order valence-electron chi connectivity index (χ3n) is 6.63. The van der Waals surface area contributed by atoms with Gasteiger partial charge >= 0.3 is 5.69 Å². The fourth-order valence-corrected chi connectivity index (χ4v) is 4.50. The average molecular weight is 476 g/mol. The lowest BCUT2D eigenvalue weighted by molar-refractivity contribution is 0.696. The lowest BCUT2D eigenvalue weighted by Gasteiger charge is -2.19. The third-order valence-corrected chi connectivity index (χ3v) is 6.63. The van der Waals surface area contributed by atoms with E-state index in [0.29, 0.717) is 5.82 Å². The predicted molar refractivity (Wildman–Crippen MR) is 147 cm³/mol. The highest BCUT2D eigenvalue weighted by molar-refractivity contribution is 6.04. The highest BCUT2D eigenvalue weighted by Crippen LogP contribution is 2.30. The van der Waals surface area contributed by atoms with Crippen LogP contribution < -0.4 is 11.4 Å². The number of pyridine rings is 2. The molecule has 0 aliphatic carbocycles. The molecule has 2 N–H and O–H groups in total.